The van der Waals surface area contributed by atoms with Gasteiger partial charge in [-0.1, -0.05) is 46.3 Å². The van der Waals surface area contributed by atoms with Gasteiger partial charge >= 0.3 is 0 Å². The molecule has 3 aromatic rings. The van der Waals surface area contributed by atoms with Gasteiger partial charge in [0.1, 0.15) is 0 Å². The van der Waals surface area contributed by atoms with E-state index in [0.29, 0.717) is 6.54 Å². The van der Waals surface area contributed by atoms with Crippen LogP contribution in [0.3, 0.4) is 0 Å². The molecule has 0 spiro atoms. The number of hydrogen-bond donors (Lipinski definition) is 2. The molecule has 0 fully saturated rings. The first kappa shape index (κ1) is 16.5. The molecule has 1 heterocycles. The van der Waals surface area contributed by atoms with Crippen molar-refractivity contribution >= 4 is 32.8 Å². The highest BCUT2D eigenvalue weighted by molar-refractivity contribution is 9.10. The average molecular weight is 383 g/mol. The van der Waals surface area contributed by atoms with Crippen molar-refractivity contribution in [1.29, 1.82) is 0 Å². The topological polar surface area (TPSA) is 49.3 Å². The quantitative estimate of drug-likeness (QED) is 0.531. The Bertz CT molecular complexity index is 838. The van der Waals surface area contributed by atoms with Gasteiger partial charge in [-0.15, -0.1) is 0 Å². The highest BCUT2D eigenvalue weighted by Gasteiger charge is 2.03. The molecule has 0 saturated heterocycles. The number of pyridine rings is 1. The van der Waals surface area contributed by atoms with Gasteiger partial charge in [0.05, 0.1) is 5.52 Å². The molecule has 24 heavy (non-hydrogen) atoms. The van der Waals surface area contributed by atoms with E-state index in [4.69, 9.17) is 0 Å². The number of halogens is 1. The molecule has 2 N–H and O–H groups in total. The molecule has 0 aliphatic heterocycles. The molecular formula is C19H19BrN4. The van der Waals surface area contributed by atoms with Crippen LogP contribution in [0.2, 0.25) is 0 Å². The minimum absolute atomic E-state index is 0.697. The molecule has 0 saturated carbocycles. The zero-order chi connectivity index (χ0) is 16.8. The van der Waals surface area contributed by atoms with Crippen molar-refractivity contribution in [2.24, 2.45) is 4.99 Å². The third kappa shape index (κ3) is 4.11. The fourth-order valence-corrected chi connectivity index (χ4v) is 2.76. The summed E-state index contributed by atoms with van der Waals surface area (Å²) in [6.45, 7) is 1.42. The smallest absolute Gasteiger partial charge is 0.191 e. The molecule has 0 unspecified atom stereocenters. The monoisotopic (exact) mass is 382 g/mol. The first-order valence-electron chi connectivity index (χ1n) is 7.78. The molecule has 4 nitrogen and oxygen atoms in total. The van der Waals surface area contributed by atoms with E-state index in [1.54, 1.807) is 7.05 Å². The van der Waals surface area contributed by atoms with Gasteiger partial charge < -0.3 is 10.6 Å². The molecular weight excluding hydrogens is 364 g/mol. The number of fused-ring (bicyclic) bond motifs is 1. The highest BCUT2D eigenvalue weighted by Crippen LogP contribution is 2.15. The summed E-state index contributed by atoms with van der Waals surface area (Å²) in [7, 11) is 1.78. The summed E-state index contributed by atoms with van der Waals surface area (Å²) >= 11 is 3.45. The summed E-state index contributed by atoms with van der Waals surface area (Å²) in [5.74, 6) is 0.777. The first-order valence-corrected chi connectivity index (χ1v) is 8.57. The molecule has 1 aromatic heterocycles. The van der Waals surface area contributed by atoms with Crippen molar-refractivity contribution in [2.45, 2.75) is 13.1 Å². The van der Waals surface area contributed by atoms with Crippen LogP contribution in [-0.2, 0) is 13.1 Å². The zero-order valence-corrected chi connectivity index (χ0v) is 15.0. The minimum Gasteiger partial charge on any atom is -0.352 e. The van der Waals surface area contributed by atoms with E-state index in [1.165, 1.54) is 11.1 Å². The number of rotatable bonds is 4. The van der Waals surface area contributed by atoms with E-state index >= 15 is 0 Å². The predicted molar refractivity (Wildman–Crippen MR) is 103 cm³/mol. The van der Waals surface area contributed by atoms with Crippen molar-refractivity contribution in [3.05, 3.63) is 76.4 Å². The van der Waals surface area contributed by atoms with Gasteiger partial charge in [-0.2, -0.15) is 0 Å². The van der Waals surface area contributed by atoms with Crippen LogP contribution in [-0.4, -0.2) is 18.0 Å². The summed E-state index contributed by atoms with van der Waals surface area (Å²) in [5, 5.41) is 7.86. The van der Waals surface area contributed by atoms with Crippen molar-refractivity contribution in [3.8, 4) is 0 Å². The fraction of sp³-hybridized carbons (Fsp3) is 0.158. The third-order valence-corrected chi connectivity index (χ3v) is 4.31. The SMILES string of the molecule is CN=C(NCc1ccc(Br)cc1)NCc1ccnc2ccccc12. The largest absolute Gasteiger partial charge is 0.352 e. The van der Waals surface area contributed by atoms with E-state index in [0.717, 1.165) is 27.9 Å². The molecule has 0 radical (unpaired) electrons. The van der Waals surface area contributed by atoms with Crippen molar-refractivity contribution in [3.63, 3.8) is 0 Å². The third-order valence-electron chi connectivity index (χ3n) is 3.78. The summed E-state index contributed by atoms with van der Waals surface area (Å²) in [4.78, 5) is 8.68. The summed E-state index contributed by atoms with van der Waals surface area (Å²) in [6, 6.07) is 18.4. The van der Waals surface area contributed by atoms with Gasteiger partial charge in [0, 0.05) is 36.2 Å². The Morgan fingerprint density at radius 2 is 1.75 bits per heavy atom. The average Bonchev–Trinajstić information content (AvgIpc) is 2.63. The van der Waals surface area contributed by atoms with Crippen LogP contribution in [0.5, 0.6) is 0 Å². The lowest BCUT2D eigenvalue weighted by molar-refractivity contribution is 0.811. The van der Waals surface area contributed by atoms with Gasteiger partial charge in [-0.05, 0) is 35.4 Å². The molecule has 0 amide bonds. The van der Waals surface area contributed by atoms with Gasteiger partial charge in [0.25, 0.3) is 0 Å². The van der Waals surface area contributed by atoms with Crippen LogP contribution < -0.4 is 10.6 Å². The van der Waals surface area contributed by atoms with Gasteiger partial charge in [-0.3, -0.25) is 9.98 Å². The second-order valence-corrected chi connectivity index (χ2v) is 6.31. The Balaban J connectivity index is 1.62. The van der Waals surface area contributed by atoms with E-state index in [-0.39, 0.29) is 0 Å². The molecule has 2 aromatic carbocycles. The van der Waals surface area contributed by atoms with Gasteiger partial charge in [-0.25, -0.2) is 0 Å². The Hall–Kier alpha value is -2.40. The zero-order valence-electron chi connectivity index (χ0n) is 13.5. The van der Waals surface area contributed by atoms with E-state index in [2.05, 4.69) is 54.7 Å². The lowest BCUT2D eigenvalue weighted by Gasteiger charge is -2.13. The van der Waals surface area contributed by atoms with Crippen molar-refractivity contribution < 1.29 is 0 Å². The second kappa shape index (κ2) is 7.93. The second-order valence-electron chi connectivity index (χ2n) is 5.39. The van der Waals surface area contributed by atoms with E-state index in [9.17, 15) is 0 Å². The summed E-state index contributed by atoms with van der Waals surface area (Å²) in [6.07, 6.45) is 1.84. The molecule has 122 valence electrons. The Morgan fingerprint density at radius 1 is 1.00 bits per heavy atom. The maximum absolute atomic E-state index is 4.39. The number of para-hydroxylation sites is 1. The van der Waals surface area contributed by atoms with Crippen LogP contribution in [0.15, 0.2) is 70.3 Å². The molecule has 3 rings (SSSR count). The van der Waals surface area contributed by atoms with Crippen molar-refractivity contribution in [2.75, 3.05) is 7.05 Å². The fourth-order valence-electron chi connectivity index (χ4n) is 2.50. The number of hydrogen-bond acceptors (Lipinski definition) is 2. The van der Waals surface area contributed by atoms with Crippen LogP contribution in [0.4, 0.5) is 0 Å². The maximum Gasteiger partial charge on any atom is 0.191 e. The van der Waals surface area contributed by atoms with E-state index in [1.807, 2.05) is 42.6 Å². The molecule has 0 aliphatic rings. The summed E-state index contributed by atoms with van der Waals surface area (Å²) in [5.41, 5.74) is 3.41. The van der Waals surface area contributed by atoms with Gasteiger partial charge in [0.15, 0.2) is 5.96 Å². The number of benzene rings is 2. The molecule has 5 heteroatoms. The number of nitrogens with one attached hydrogen (secondary N) is 2. The Labute approximate surface area is 150 Å². The van der Waals surface area contributed by atoms with Gasteiger partial charge in [0.2, 0.25) is 0 Å². The number of guanidine groups is 1. The molecule has 0 aliphatic carbocycles. The Morgan fingerprint density at radius 3 is 2.54 bits per heavy atom. The highest BCUT2D eigenvalue weighted by atomic mass is 79.9. The first-order chi connectivity index (χ1) is 11.8. The standard InChI is InChI=1S/C19H19BrN4/c1-21-19(23-12-14-6-8-16(20)9-7-14)24-13-15-10-11-22-18-5-3-2-4-17(15)18/h2-11H,12-13H2,1H3,(H2,21,23,24). The number of nitrogens with zero attached hydrogens (tertiary/aromatic N) is 2. The summed E-state index contributed by atoms with van der Waals surface area (Å²) < 4.78 is 1.08. The van der Waals surface area contributed by atoms with E-state index < -0.39 is 0 Å². The predicted octanol–water partition coefficient (Wildman–Crippen LogP) is 3.86. The Kier molecular flexibility index (Phi) is 5.43. The van der Waals surface area contributed by atoms with Crippen LogP contribution >= 0.6 is 15.9 Å². The van der Waals surface area contributed by atoms with Crippen LogP contribution in [0.25, 0.3) is 10.9 Å². The van der Waals surface area contributed by atoms with Crippen LogP contribution in [0.1, 0.15) is 11.1 Å². The molecule has 0 bridgehead atoms. The maximum atomic E-state index is 4.39. The van der Waals surface area contributed by atoms with Crippen LogP contribution in [0, 0.1) is 0 Å². The number of aliphatic imine (C=N–C) groups is 1. The normalized spacial score (nSPS) is 11.5. The minimum atomic E-state index is 0.697. The molecule has 0 atom stereocenters. The lowest BCUT2D eigenvalue weighted by Crippen LogP contribution is -2.36. The van der Waals surface area contributed by atoms with Crippen molar-refractivity contribution in [1.82, 2.24) is 15.6 Å². The number of aromatic nitrogens is 1. The lowest BCUT2D eigenvalue weighted by atomic mass is 10.1.